The lowest BCUT2D eigenvalue weighted by Gasteiger charge is -2.28. The molecule has 1 amide bonds. The summed E-state index contributed by atoms with van der Waals surface area (Å²) in [7, 11) is 0. The van der Waals surface area contributed by atoms with E-state index >= 15 is 0 Å². The molecular weight excluding hydrogens is 242 g/mol. The van der Waals surface area contributed by atoms with Crippen LogP contribution in [0.15, 0.2) is 0 Å². The van der Waals surface area contributed by atoms with Gasteiger partial charge in [-0.25, -0.2) is 0 Å². The van der Waals surface area contributed by atoms with Gasteiger partial charge in [0.25, 0.3) is 0 Å². The summed E-state index contributed by atoms with van der Waals surface area (Å²) in [5, 5.41) is 10.0. The molecule has 0 bridgehead atoms. The Morgan fingerprint density at radius 1 is 0.947 bits per heavy atom. The Bertz CT molecular complexity index is 247. The van der Waals surface area contributed by atoms with E-state index in [2.05, 4.69) is 16.0 Å². The minimum absolute atomic E-state index is 0.0637. The number of nitrogens with zero attached hydrogens (tertiary/aromatic N) is 1. The number of carbonyl (C=O) groups is 1. The molecule has 1 aliphatic rings. The summed E-state index contributed by atoms with van der Waals surface area (Å²) in [5.41, 5.74) is 5.96. The second kappa shape index (κ2) is 9.25. The monoisotopic (exact) mass is 271 g/mol. The lowest BCUT2D eigenvalue weighted by atomic mass is 10.0. The van der Waals surface area contributed by atoms with E-state index in [0.29, 0.717) is 0 Å². The van der Waals surface area contributed by atoms with Gasteiger partial charge in [-0.1, -0.05) is 13.8 Å². The first-order chi connectivity index (χ1) is 9.13. The SMILES string of the molecule is CC(C)C(N)C(=O)N1CCNCCNCCNCC1. The summed E-state index contributed by atoms with van der Waals surface area (Å²) < 4.78 is 0. The number of hydrogen-bond donors (Lipinski definition) is 4. The maximum atomic E-state index is 12.3. The van der Waals surface area contributed by atoms with E-state index < -0.39 is 6.04 Å². The maximum Gasteiger partial charge on any atom is 0.239 e. The molecule has 1 atom stereocenters. The van der Waals surface area contributed by atoms with Crippen molar-refractivity contribution in [2.24, 2.45) is 11.7 Å². The number of hydrogen-bond acceptors (Lipinski definition) is 5. The Kier molecular flexibility index (Phi) is 7.97. The Labute approximate surface area is 116 Å². The standard InChI is InChI=1S/C13H29N5O/c1-11(2)12(14)13(19)18-9-7-16-5-3-15-4-6-17-8-10-18/h11-12,15-17H,3-10,14H2,1-2H3. The lowest BCUT2D eigenvalue weighted by molar-refractivity contribution is -0.133. The van der Waals surface area contributed by atoms with E-state index in [1.54, 1.807) is 0 Å². The third-order valence-electron chi connectivity index (χ3n) is 3.39. The largest absolute Gasteiger partial charge is 0.339 e. The highest BCUT2D eigenvalue weighted by Crippen LogP contribution is 2.03. The van der Waals surface area contributed by atoms with Crippen molar-refractivity contribution in [1.82, 2.24) is 20.9 Å². The van der Waals surface area contributed by atoms with Crippen molar-refractivity contribution in [3.63, 3.8) is 0 Å². The normalized spacial score (nSPS) is 21.6. The van der Waals surface area contributed by atoms with E-state index in [0.717, 1.165) is 52.4 Å². The fraction of sp³-hybridized carbons (Fsp3) is 0.923. The highest BCUT2D eigenvalue weighted by molar-refractivity contribution is 5.81. The van der Waals surface area contributed by atoms with Gasteiger partial charge < -0.3 is 26.6 Å². The van der Waals surface area contributed by atoms with Crippen LogP contribution in [-0.2, 0) is 4.79 Å². The summed E-state index contributed by atoms with van der Waals surface area (Å²) in [6.07, 6.45) is 0. The molecule has 0 aromatic heterocycles. The first-order valence-electron chi connectivity index (χ1n) is 7.29. The Morgan fingerprint density at radius 2 is 1.37 bits per heavy atom. The fourth-order valence-corrected chi connectivity index (χ4v) is 1.98. The zero-order valence-corrected chi connectivity index (χ0v) is 12.2. The van der Waals surface area contributed by atoms with Crippen LogP contribution < -0.4 is 21.7 Å². The van der Waals surface area contributed by atoms with E-state index in [1.807, 2.05) is 18.7 Å². The first kappa shape index (κ1) is 16.4. The van der Waals surface area contributed by atoms with Crippen molar-refractivity contribution < 1.29 is 4.79 Å². The molecule has 0 saturated carbocycles. The highest BCUT2D eigenvalue weighted by Gasteiger charge is 2.22. The molecule has 6 heteroatoms. The summed E-state index contributed by atoms with van der Waals surface area (Å²) >= 11 is 0. The second-order valence-corrected chi connectivity index (χ2v) is 5.35. The van der Waals surface area contributed by atoms with Gasteiger partial charge in [-0.2, -0.15) is 0 Å². The Morgan fingerprint density at radius 3 is 1.79 bits per heavy atom. The molecule has 112 valence electrons. The summed E-state index contributed by atoms with van der Waals surface area (Å²) in [6.45, 7) is 10.8. The minimum atomic E-state index is -0.394. The predicted octanol–water partition coefficient (Wildman–Crippen LogP) is -1.42. The van der Waals surface area contributed by atoms with Gasteiger partial charge in [0.1, 0.15) is 0 Å². The first-order valence-corrected chi connectivity index (χ1v) is 7.29. The van der Waals surface area contributed by atoms with E-state index in [-0.39, 0.29) is 11.8 Å². The molecule has 0 aromatic rings. The minimum Gasteiger partial charge on any atom is -0.339 e. The quantitative estimate of drug-likeness (QED) is 0.496. The van der Waals surface area contributed by atoms with Crippen LogP contribution in [0, 0.1) is 5.92 Å². The van der Waals surface area contributed by atoms with Gasteiger partial charge in [0.05, 0.1) is 6.04 Å². The van der Waals surface area contributed by atoms with Gasteiger partial charge in [-0.3, -0.25) is 4.79 Å². The van der Waals surface area contributed by atoms with Crippen LogP contribution in [0.2, 0.25) is 0 Å². The summed E-state index contributed by atoms with van der Waals surface area (Å²) in [4.78, 5) is 14.2. The van der Waals surface area contributed by atoms with Crippen molar-refractivity contribution in [3.8, 4) is 0 Å². The van der Waals surface area contributed by atoms with Crippen LogP contribution in [0.5, 0.6) is 0 Å². The molecule has 6 nitrogen and oxygen atoms in total. The molecule has 0 aliphatic carbocycles. The summed E-state index contributed by atoms with van der Waals surface area (Å²) in [5.74, 6) is 0.243. The molecule has 1 aliphatic heterocycles. The Balaban J connectivity index is 2.48. The molecule has 0 spiro atoms. The fourth-order valence-electron chi connectivity index (χ4n) is 1.98. The number of amides is 1. The predicted molar refractivity (Wildman–Crippen MR) is 78.0 cm³/mol. The smallest absolute Gasteiger partial charge is 0.239 e. The van der Waals surface area contributed by atoms with Gasteiger partial charge in [-0.05, 0) is 5.92 Å². The highest BCUT2D eigenvalue weighted by atomic mass is 16.2. The molecule has 0 radical (unpaired) electrons. The van der Waals surface area contributed by atoms with Crippen molar-refractivity contribution in [2.75, 3.05) is 52.4 Å². The molecule has 1 unspecified atom stereocenters. The van der Waals surface area contributed by atoms with E-state index in [4.69, 9.17) is 5.73 Å². The van der Waals surface area contributed by atoms with E-state index in [9.17, 15) is 4.79 Å². The topological polar surface area (TPSA) is 82.4 Å². The van der Waals surface area contributed by atoms with E-state index in [1.165, 1.54) is 0 Å². The van der Waals surface area contributed by atoms with Crippen LogP contribution >= 0.6 is 0 Å². The third-order valence-corrected chi connectivity index (χ3v) is 3.39. The van der Waals surface area contributed by atoms with Crippen molar-refractivity contribution in [2.45, 2.75) is 19.9 Å². The van der Waals surface area contributed by atoms with Gasteiger partial charge in [-0.15, -0.1) is 0 Å². The zero-order chi connectivity index (χ0) is 14.1. The lowest BCUT2D eigenvalue weighted by Crippen LogP contribution is -2.51. The van der Waals surface area contributed by atoms with Crippen LogP contribution in [0.1, 0.15) is 13.8 Å². The third kappa shape index (κ3) is 6.33. The zero-order valence-electron chi connectivity index (χ0n) is 12.2. The molecule has 1 fully saturated rings. The second-order valence-electron chi connectivity index (χ2n) is 5.35. The number of nitrogens with one attached hydrogen (secondary N) is 3. The Hall–Kier alpha value is -0.690. The molecule has 1 saturated heterocycles. The van der Waals surface area contributed by atoms with Gasteiger partial charge in [0.2, 0.25) is 5.91 Å². The average Bonchev–Trinajstić information content (AvgIpc) is 2.37. The maximum absolute atomic E-state index is 12.3. The molecule has 19 heavy (non-hydrogen) atoms. The number of carbonyl (C=O) groups excluding carboxylic acids is 1. The molecular formula is C13H29N5O. The number of rotatable bonds is 2. The van der Waals surface area contributed by atoms with Gasteiger partial charge >= 0.3 is 0 Å². The molecule has 0 aromatic carbocycles. The molecule has 5 N–H and O–H groups in total. The summed E-state index contributed by atoms with van der Waals surface area (Å²) in [6, 6.07) is -0.394. The van der Waals surface area contributed by atoms with Crippen LogP contribution in [0.4, 0.5) is 0 Å². The molecule has 1 heterocycles. The van der Waals surface area contributed by atoms with Gasteiger partial charge in [0, 0.05) is 52.4 Å². The number of nitrogens with two attached hydrogens (primary N) is 1. The van der Waals surface area contributed by atoms with Crippen LogP contribution in [0.25, 0.3) is 0 Å². The van der Waals surface area contributed by atoms with Gasteiger partial charge in [0.15, 0.2) is 0 Å². The van der Waals surface area contributed by atoms with Crippen molar-refractivity contribution in [1.29, 1.82) is 0 Å². The van der Waals surface area contributed by atoms with Crippen molar-refractivity contribution >= 4 is 5.91 Å². The average molecular weight is 271 g/mol. The molecule has 1 rings (SSSR count). The van der Waals surface area contributed by atoms with Crippen molar-refractivity contribution in [3.05, 3.63) is 0 Å². The van der Waals surface area contributed by atoms with Crippen LogP contribution in [0.3, 0.4) is 0 Å². The van der Waals surface area contributed by atoms with Crippen LogP contribution in [-0.4, -0.2) is 69.2 Å².